The molecule has 18 heavy (non-hydrogen) atoms. The van der Waals surface area contributed by atoms with Crippen molar-refractivity contribution in [2.75, 3.05) is 0 Å². The maximum atomic E-state index is 11.6. The van der Waals surface area contributed by atoms with Gasteiger partial charge in [-0.05, 0) is 36.2 Å². The Morgan fingerprint density at radius 2 is 2.00 bits per heavy atom. The number of H-pyrrole nitrogens is 1. The van der Waals surface area contributed by atoms with Crippen LogP contribution in [0.2, 0.25) is 5.02 Å². The first-order valence-corrected chi connectivity index (χ1v) is 6.25. The number of nitrogens with one attached hydrogen (secondary N) is 2. The lowest BCUT2D eigenvalue weighted by Gasteiger charge is -2.04. The van der Waals surface area contributed by atoms with Gasteiger partial charge < -0.3 is 10.3 Å². The molecule has 1 amide bonds. The number of hydrogen-bond acceptors (Lipinski definition) is 1. The molecule has 0 fully saturated rings. The fourth-order valence-electron chi connectivity index (χ4n) is 1.67. The molecule has 0 aliphatic heterocycles. The van der Waals surface area contributed by atoms with Gasteiger partial charge in [0.05, 0.1) is 6.54 Å². The monoisotopic (exact) mass is 262 g/mol. The summed E-state index contributed by atoms with van der Waals surface area (Å²) >= 11 is 5.80. The topological polar surface area (TPSA) is 44.9 Å². The molecule has 1 heterocycles. The zero-order valence-electron chi connectivity index (χ0n) is 9.95. The first-order chi connectivity index (χ1) is 8.74. The SMILES string of the molecule is O=C(CCc1ccc(Cl)cc1)NCc1ccc[nH]1. The van der Waals surface area contributed by atoms with Crippen LogP contribution in [0.4, 0.5) is 0 Å². The first-order valence-electron chi connectivity index (χ1n) is 5.87. The third-order valence-corrected chi connectivity index (χ3v) is 2.94. The van der Waals surface area contributed by atoms with Gasteiger partial charge in [-0.1, -0.05) is 23.7 Å². The van der Waals surface area contributed by atoms with E-state index in [1.807, 2.05) is 42.6 Å². The molecule has 0 atom stereocenters. The lowest BCUT2D eigenvalue weighted by atomic mass is 10.1. The normalized spacial score (nSPS) is 10.3. The van der Waals surface area contributed by atoms with Crippen LogP contribution in [0.3, 0.4) is 0 Å². The number of halogens is 1. The molecule has 0 radical (unpaired) electrons. The van der Waals surface area contributed by atoms with Gasteiger partial charge in [0.1, 0.15) is 0 Å². The number of rotatable bonds is 5. The molecule has 0 saturated carbocycles. The van der Waals surface area contributed by atoms with Crippen LogP contribution in [0, 0.1) is 0 Å². The van der Waals surface area contributed by atoms with E-state index in [4.69, 9.17) is 11.6 Å². The second-order valence-electron chi connectivity index (χ2n) is 4.10. The highest BCUT2D eigenvalue weighted by atomic mass is 35.5. The van der Waals surface area contributed by atoms with E-state index in [0.717, 1.165) is 22.7 Å². The van der Waals surface area contributed by atoms with Gasteiger partial charge in [0.25, 0.3) is 0 Å². The molecule has 0 aliphatic rings. The average Bonchev–Trinajstić information content (AvgIpc) is 2.89. The van der Waals surface area contributed by atoms with E-state index in [0.29, 0.717) is 13.0 Å². The number of carbonyl (C=O) groups is 1. The van der Waals surface area contributed by atoms with Crippen molar-refractivity contribution in [1.29, 1.82) is 0 Å². The van der Waals surface area contributed by atoms with E-state index in [-0.39, 0.29) is 5.91 Å². The van der Waals surface area contributed by atoms with Gasteiger partial charge in [-0.3, -0.25) is 4.79 Å². The summed E-state index contributed by atoms with van der Waals surface area (Å²) < 4.78 is 0. The minimum absolute atomic E-state index is 0.0551. The molecule has 3 nitrogen and oxygen atoms in total. The summed E-state index contributed by atoms with van der Waals surface area (Å²) in [6, 6.07) is 11.4. The molecule has 0 bridgehead atoms. The Balaban J connectivity index is 1.73. The highest BCUT2D eigenvalue weighted by Crippen LogP contribution is 2.10. The van der Waals surface area contributed by atoms with Crippen molar-refractivity contribution in [3.05, 3.63) is 58.9 Å². The van der Waals surface area contributed by atoms with Gasteiger partial charge in [0.2, 0.25) is 5.91 Å². The number of aryl methyl sites for hydroxylation is 1. The molecule has 2 rings (SSSR count). The molecular formula is C14H15ClN2O. The first kappa shape index (κ1) is 12.7. The molecule has 1 aromatic carbocycles. The van der Waals surface area contributed by atoms with Crippen LogP contribution in [0.5, 0.6) is 0 Å². The van der Waals surface area contributed by atoms with Crippen LogP contribution < -0.4 is 5.32 Å². The van der Waals surface area contributed by atoms with Crippen LogP contribution in [-0.2, 0) is 17.8 Å². The summed E-state index contributed by atoms with van der Waals surface area (Å²) in [5, 5.41) is 3.59. The molecule has 0 saturated heterocycles. The van der Waals surface area contributed by atoms with Crippen LogP contribution in [-0.4, -0.2) is 10.9 Å². The molecule has 94 valence electrons. The predicted octanol–water partition coefficient (Wildman–Crippen LogP) is 2.92. The predicted molar refractivity (Wildman–Crippen MR) is 72.4 cm³/mol. The Hall–Kier alpha value is -1.74. The third-order valence-electron chi connectivity index (χ3n) is 2.69. The van der Waals surface area contributed by atoms with Gasteiger partial charge in [-0.2, -0.15) is 0 Å². The van der Waals surface area contributed by atoms with Crippen molar-refractivity contribution in [2.24, 2.45) is 0 Å². The lowest BCUT2D eigenvalue weighted by molar-refractivity contribution is -0.121. The second-order valence-corrected chi connectivity index (χ2v) is 4.53. The summed E-state index contributed by atoms with van der Waals surface area (Å²) in [6.07, 6.45) is 3.06. The molecule has 0 spiro atoms. The highest BCUT2D eigenvalue weighted by molar-refractivity contribution is 6.30. The van der Waals surface area contributed by atoms with Gasteiger partial charge in [0, 0.05) is 23.3 Å². The van der Waals surface area contributed by atoms with Crippen molar-refractivity contribution in [3.63, 3.8) is 0 Å². The van der Waals surface area contributed by atoms with Crippen molar-refractivity contribution >= 4 is 17.5 Å². The van der Waals surface area contributed by atoms with Crippen LogP contribution in [0.1, 0.15) is 17.7 Å². The number of hydrogen-bond donors (Lipinski definition) is 2. The Morgan fingerprint density at radius 3 is 2.67 bits per heavy atom. The van der Waals surface area contributed by atoms with E-state index in [2.05, 4.69) is 10.3 Å². The van der Waals surface area contributed by atoms with Crippen molar-refractivity contribution < 1.29 is 4.79 Å². The molecule has 2 N–H and O–H groups in total. The smallest absolute Gasteiger partial charge is 0.220 e. The summed E-state index contributed by atoms with van der Waals surface area (Å²) in [6.45, 7) is 0.548. The number of amides is 1. The maximum absolute atomic E-state index is 11.6. The van der Waals surface area contributed by atoms with Crippen molar-refractivity contribution in [2.45, 2.75) is 19.4 Å². The highest BCUT2D eigenvalue weighted by Gasteiger charge is 2.02. The summed E-state index contributed by atoms with van der Waals surface area (Å²) in [4.78, 5) is 14.7. The number of aromatic amines is 1. The van der Waals surface area contributed by atoms with Crippen molar-refractivity contribution in [1.82, 2.24) is 10.3 Å². The van der Waals surface area contributed by atoms with E-state index in [1.54, 1.807) is 0 Å². The number of aromatic nitrogens is 1. The van der Waals surface area contributed by atoms with E-state index in [9.17, 15) is 4.79 Å². The fourth-order valence-corrected chi connectivity index (χ4v) is 1.79. The third kappa shape index (κ3) is 3.93. The van der Waals surface area contributed by atoms with Crippen LogP contribution >= 0.6 is 11.6 Å². The van der Waals surface area contributed by atoms with E-state index >= 15 is 0 Å². The molecule has 4 heteroatoms. The lowest BCUT2D eigenvalue weighted by Crippen LogP contribution is -2.23. The van der Waals surface area contributed by atoms with Crippen LogP contribution in [0.25, 0.3) is 0 Å². The molecule has 1 aromatic heterocycles. The maximum Gasteiger partial charge on any atom is 0.220 e. The standard InChI is InChI=1S/C14H15ClN2O/c15-12-6-3-11(4-7-12)5-8-14(18)17-10-13-2-1-9-16-13/h1-4,6-7,9,16H,5,8,10H2,(H,17,18). The zero-order valence-corrected chi connectivity index (χ0v) is 10.7. The summed E-state index contributed by atoms with van der Waals surface area (Å²) in [5.74, 6) is 0.0551. The fraction of sp³-hybridized carbons (Fsp3) is 0.214. The molecular weight excluding hydrogens is 248 g/mol. The molecule has 2 aromatic rings. The van der Waals surface area contributed by atoms with Crippen molar-refractivity contribution in [3.8, 4) is 0 Å². The molecule has 0 aliphatic carbocycles. The summed E-state index contributed by atoms with van der Waals surface area (Å²) in [5.41, 5.74) is 2.13. The number of carbonyl (C=O) groups excluding carboxylic acids is 1. The van der Waals surface area contributed by atoms with Crippen LogP contribution in [0.15, 0.2) is 42.6 Å². The van der Waals surface area contributed by atoms with Gasteiger partial charge in [-0.25, -0.2) is 0 Å². The molecule has 0 unspecified atom stereocenters. The quantitative estimate of drug-likeness (QED) is 0.855. The number of benzene rings is 1. The second kappa shape index (κ2) is 6.26. The van der Waals surface area contributed by atoms with E-state index < -0.39 is 0 Å². The van der Waals surface area contributed by atoms with Gasteiger partial charge >= 0.3 is 0 Å². The van der Waals surface area contributed by atoms with E-state index in [1.165, 1.54) is 0 Å². The largest absolute Gasteiger partial charge is 0.364 e. The Bertz CT molecular complexity index is 491. The Kier molecular flexibility index (Phi) is 4.42. The minimum Gasteiger partial charge on any atom is -0.364 e. The zero-order chi connectivity index (χ0) is 12.8. The Morgan fingerprint density at radius 1 is 1.22 bits per heavy atom. The average molecular weight is 263 g/mol. The summed E-state index contributed by atoms with van der Waals surface area (Å²) in [7, 11) is 0. The minimum atomic E-state index is 0.0551. The van der Waals surface area contributed by atoms with Gasteiger partial charge in [-0.15, -0.1) is 0 Å². The van der Waals surface area contributed by atoms with Gasteiger partial charge in [0.15, 0.2) is 0 Å². The Labute approximate surface area is 111 Å².